The zero-order chi connectivity index (χ0) is 11.8. The summed E-state index contributed by atoms with van der Waals surface area (Å²) in [5, 5.41) is 0. The van der Waals surface area contributed by atoms with Crippen molar-refractivity contribution in [2.24, 2.45) is 5.92 Å². The summed E-state index contributed by atoms with van der Waals surface area (Å²) < 4.78 is 12.3. The first-order valence-electron chi connectivity index (χ1n) is 6.46. The Hall–Kier alpha value is -0.110. The number of hydrogen-bond donors (Lipinski definition) is 0. The second-order valence-corrected chi connectivity index (χ2v) is 4.59. The van der Waals surface area contributed by atoms with Crippen molar-refractivity contribution in [2.75, 3.05) is 13.2 Å². The van der Waals surface area contributed by atoms with Gasteiger partial charge < -0.3 is 0 Å². The van der Waals surface area contributed by atoms with Crippen molar-refractivity contribution < 1.29 is 4.39 Å². The van der Waals surface area contributed by atoms with Gasteiger partial charge in [-0.3, -0.25) is 9.29 Å². The van der Waals surface area contributed by atoms with Crippen LogP contribution in [0.4, 0.5) is 4.39 Å². The van der Waals surface area contributed by atoms with E-state index >= 15 is 0 Å². The van der Waals surface area contributed by atoms with E-state index in [1.807, 2.05) is 13.8 Å². The summed E-state index contributed by atoms with van der Waals surface area (Å²) in [5.74, 6) is 0.784. The lowest BCUT2D eigenvalue weighted by atomic mass is 9.90. The SMILES string of the molecule is CC.CC1CCN(C(C)C)C(CCF)C1. The minimum Gasteiger partial charge on any atom is -0.298 e. The quantitative estimate of drug-likeness (QED) is 0.693. The third-order valence-electron chi connectivity index (χ3n) is 3.13. The van der Waals surface area contributed by atoms with Crippen molar-refractivity contribution in [2.45, 2.75) is 66.0 Å². The fourth-order valence-electron chi connectivity index (χ4n) is 2.36. The van der Waals surface area contributed by atoms with Gasteiger partial charge in [-0.15, -0.1) is 0 Å². The highest BCUT2D eigenvalue weighted by Gasteiger charge is 2.27. The lowest BCUT2D eigenvalue weighted by molar-refractivity contribution is 0.0763. The van der Waals surface area contributed by atoms with Crippen LogP contribution in [-0.2, 0) is 0 Å². The summed E-state index contributed by atoms with van der Waals surface area (Å²) in [5.41, 5.74) is 0. The normalized spacial score (nSPS) is 27.4. The molecule has 1 aliphatic rings. The second-order valence-electron chi connectivity index (χ2n) is 4.59. The predicted molar refractivity (Wildman–Crippen MR) is 66.0 cm³/mol. The Kier molecular flexibility index (Phi) is 8.03. The first-order valence-corrected chi connectivity index (χ1v) is 6.46. The third-order valence-corrected chi connectivity index (χ3v) is 3.13. The van der Waals surface area contributed by atoms with Crippen LogP contribution in [0.2, 0.25) is 0 Å². The van der Waals surface area contributed by atoms with Crippen LogP contribution in [0, 0.1) is 5.92 Å². The highest BCUT2D eigenvalue weighted by molar-refractivity contribution is 4.81. The maximum atomic E-state index is 12.3. The van der Waals surface area contributed by atoms with Gasteiger partial charge in [0.05, 0.1) is 6.67 Å². The molecule has 0 amide bonds. The van der Waals surface area contributed by atoms with Crippen LogP contribution in [-0.4, -0.2) is 30.2 Å². The molecule has 0 aromatic heterocycles. The van der Waals surface area contributed by atoms with Gasteiger partial charge in [0.25, 0.3) is 0 Å². The largest absolute Gasteiger partial charge is 0.298 e. The number of halogens is 1. The van der Waals surface area contributed by atoms with Crippen LogP contribution in [0.15, 0.2) is 0 Å². The predicted octanol–water partition coefficient (Wildman–Crippen LogP) is 3.88. The number of likely N-dealkylation sites (tertiary alicyclic amines) is 1. The lowest BCUT2D eigenvalue weighted by Gasteiger charge is -2.40. The van der Waals surface area contributed by atoms with E-state index in [4.69, 9.17) is 0 Å². The third kappa shape index (κ3) is 4.96. The van der Waals surface area contributed by atoms with Gasteiger partial charge in [-0.1, -0.05) is 20.8 Å². The Morgan fingerprint density at radius 3 is 2.40 bits per heavy atom. The summed E-state index contributed by atoms with van der Waals surface area (Å²) in [4.78, 5) is 2.46. The summed E-state index contributed by atoms with van der Waals surface area (Å²) in [6.07, 6.45) is 3.19. The number of hydrogen-bond acceptors (Lipinski definition) is 1. The number of alkyl halides is 1. The Bertz CT molecular complexity index is 147. The molecule has 0 aromatic rings. The monoisotopic (exact) mass is 217 g/mol. The highest BCUT2D eigenvalue weighted by Crippen LogP contribution is 2.26. The fourth-order valence-corrected chi connectivity index (χ4v) is 2.36. The molecular formula is C13H28FN. The summed E-state index contributed by atoms with van der Waals surface area (Å²) in [6, 6.07) is 1.07. The smallest absolute Gasteiger partial charge is 0.0909 e. The molecular weight excluding hydrogens is 189 g/mol. The average Bonchev–Trinajstić information content (AvgIpc) is 2.21. The molecule has 0 spiro atoms. The van der Waals surface area contributed by atoms with Crippen LogP contribution < -0.4 is 0 Å². The van der Waals surface area contributed by atoms with Crippen LogP contribution in [0.25, 0.3) is 0 Å². The van der Waals surface area contributed by atoms with Crippen molar-refractivity contribution in [3.8, 4) is 0 Å². The molecule has 0 radical (unpaired) electrons. The van der Waals surface area contributed by atoms with Crippen LogP contribution in [0.1, 0.15) is 53.9 Å². The van der Waals surface area contributed by atoms with Crippen molar-refractivity contribution >= 4 is 0 Å². The molecule has 0 saturated carbocycles. The maximum Gasteiger partial charge on any atom is 0.0909 e. The zero-order valence-corrected chi connectivity index (χ0v) is 11.1. The molecule has 1 rings (SSSR count). The van der Waals surface area contributed by atoms with E-state index in [0.717, 1.165) is 18.9 Å². The molecule has 2 atom stereocenters. The van der Waals surface area contributed by atoms with Crippen molar-refractivity contribution in [1.82, 2.24) is 4.90 Å². The first kappa shape index (κ1) is 14.9. The Labute approximate surface area is 95.0 Å². The van der Waals surface area contributed by atoms with Crippen molar-refractivity contribution in [3.05, 3.63) is 0 Å². The molecule has 0 aliphatic carbocycles. The molecule has 1 nitrogen and oxygen atoms in total. The highest BCUT2D eigenvalue weighted by atomic mass is 19.1. The van der Waals surface area contributed by atoms with E-state index in [1.165, 1.54) is 12.8 Å². The Balaban J connectivity index is 0.000000921. The molecule has 1 aliphatic heterocycles. The Morgan fingerprint density at radius 1 is 1.33 bits per heavy atom. The summed E-state index contributed by atoms with van der Waals surface area (Å²) in [6.45, 7) is 11.7. The molecule has 1 saturated heterocycles. The van der Waals surface area contributed by atoms with E-state index in [1.54, 1.807) is 0 Å². The van der Waals surface area contributed by atoms with E-state index in [9.17, 15) is 4.39 Å². The molecule has 0 bridgehead atoms. The number of piperidine rings is 1. The van der Waals surface area contributed by atoms with Gasteiger partial charge in [-0.25, -0.2) is 0 Å². The van der Waals surface area contributed by atoms with Crippen molar-refractivity contribution in [3.63, 3.8) is 0 Å². The van der Waals surface area contributed by atoms with E-state index in [2.05, 4.69) is 25.7 Å². The van der Waals surface area contributed by atoms with Gasteiger partial charge in [-0.2, -0.15) is 0 Å². The molecule has 1 fully saturated rings. The molecule has 0 N–H and O–H groups in total. The van der Waals surface area contributed by atoms with Crippen LogP contribution >= 0.6 is 0 Å². The van der Waals surface area contributed by atoms with Crippen LogP contribution in [0.5, 0.6) is 0 Å². The lowest BCUT2D eigenvalue weighted by Crippen LogP contribution is -2.46. The topological polar surface area (TPSA) is 3.24 Å². The maximum absolute atomic E-state index is 12.3. The van der Waals surface area contributed by atoms with Gasteiger partial charge >= 0.3 is 0 Å². The zero-order valence-electron chi connectivity index (χ0n) is 11.1. The number of rotatable bonds is 3. The number of nitrogens with zero attached hydrogens (tertiary/aromatic N) is 1. The molecule has 2 heteroatoms. The van der Waals surface area contributed by atoms with Crippen molar-refractivity contribution in [1.29, 1.82) is 0 Å². The molecule has 15 heavy (non-hydrogen) atoms. The Morgan fingerprint density at radius 2 is 1.93 bits per heavy atom. The first-order chi connectivity index (χ1) is 7.15. The standard InChI is InChI=1S/C11H22FN.C2H6/c1-9(2)13-7-5-10(3)8-11(13)4-6-12;1-2/h9-11H,4-8H2,1-3H3;1-2H3. The van der Waals surface area contributed by atoms with Gasteiger partial charge in [-0.05, 0) is 45.6 Å². The second kappa shape index (κ2) is 8.09. The van der Waals surface area contributed by atoms with E-state index < -0.39 is 0 Å². The summed E-state index contributed by atoms with van der Waals surface area (Å²) in [7, 11) is 0. The minimum atomic E-state index is -0.166. The molecule has 92 valence electrons. The van der Waals surface area contributed by atoms with E-state index in [-0.39, 0.29) is 6.67 Å². The van der Waals surface area contributed by atoms with Gasteiger partial charge in [0.1, 0.15) is 0 Å². The molecule has 2 unspecified atom stereocenters. The molecule has 0 aromatic carbocycles. The van der Waals surface area contributed by atoms with E-state index in [0.29, 0.717) is 12.1 Å². The fraction of sp³-hybridized carbons (Fsp3) is 1.00. The van der Waals surface area contributed by atoms with Gasteiger partial charge in [0.15, 0.2) is 0 Å². The summed E-state index contributed by atoms with van der Waals surface area (Å²) >= 11 is 0. The average molecular weight is 217 g/mol. The van der Waals surface area contributed by atoms with Gasteiger partial charge in [0, 0.05) is 12.1 Å². The minimum absolute atomic E-state index is 0.166. The van der Waals surface area contributed by atoms with Gasteiger partial charge in [0.2, 0.25) is 0 Å². The van der Waals surface area contributed by atoms with Crippen LogP contribution in [0.3, 0.4) is 0 Å². The molecule has 1 heterocycles.